The summed E-state index contributed by atoms with van der Waals surface area (Å²) < 4.78 is 31.2. The van der Waals surface area contributed by atoms with Gasteiger partial charge in [0.15, 0.2) is 15.0 Å². The number of ether oxygens (including phenoxy) is 1. The zero-order valence-corrected chi connectivity index (χ0v) is 20.8. The molecule has 1 aromatic heterocycles. The minimum absolute atomic E-state index is 0.0429. The van der Waals surface area contributed by atoms with Crippen molar-refractivity contribution < 1.29 is 17.9 Å². The third kappa shape index (κ3) is 5.43. The normalized spacial score (nSPS) is 15.1. The molecule has 33 heavy (non-hydrogen) atoms. The molecule has 0 N–H and O–H groups in total. The van der Waals surface area contributed by atoms with E-state index in [-0.39, 0.29) is 16.4 Å². The number of nitrogens with zero attached hydrogens (tertiary/aromatic N) is 3. The number of sulfone groups is 1. The number of benzene rings is 2. The van der Waals surface area contributed by atoms with E-state index < -0.39 is 9.84 Å². The van der Waals surface area contributed by atoms with Gasteiger partial charge < -0.3 is 4.74 Å². The number of rotatable bonds is 7. The average molecular weight is 488 g/mol. The fraction of sp³-hybridized carbons (Fsp3) is 0.417. The summed E-state index contributed by atoms with van der Waals surface area (Å²) >= 11 is 1.47. The van der Waals surface area contributed by atoms with E-state index in [1.165, 1.54) is 17.4 Å². The van der Waals surface area contributed by atoms with Gasteiger partial charge in [0, 0.05) is 32.4 Å². The van der Waals surface area contributed by atoms with Gasteiger partial charge in [-0.1, -0.05) is 29.5 Å². The molecular formula is C24H29N3O4S2. The molecule has 4 rings (SSSR count). The lowest BCUT2D eigenvalue weighted by molar-refractivity contribution is 0.0376. The number of thiazole rings is 1. The standard InChI is InChI=1S/C24H29N3O4S2/c1-17-15-18(2)22-20(16-17)25-24(32-22)27(10-6-9-26-11-13-31-14-12-26)23(28)19-7-4-5-8-21(19)33(3,29)30/h4-5,7-8,15-16H,6,9-14H2,1-3H3. The van der Waals surface area contributed by atoms with Crippen molar-refractivity contribution in [2.45, 2.75) is 25.2 Å². The van der Waals surface area contributed by atoms with Crippen LogP contribution in [0, 0.1) is 13.8 Å². The van der Waals surface area contributed by atoms with Crippen LogP contribution in [0.4, 0.5) is 5.13 Å². The summed E-state index contributed by atoms with van der Waals surface area (Å²) in [7, 11) is -3.56. The summed E-state index contributed by atoms with van der Waals surface area (Å²) in [6.45, 7) is 8.56. The van der Waals surface area contributed by atoms with Crippen LogP contribution in [0.25, 0.3) is 10.2 Å². The lowest BCUT2D eigenvalue weighted by atomic mass is 10.1. The molecule has 1 aliphatic rings. The molecule has 3 aromatic rings. The van der Waals surface area contributed by atoms with Gasteiger partial charge in [-0.3, -0.25) is 14.6 Å². The number of fused-ring (bicyclic) bond motifs is 1. The highest BCUT2D eigenvalue weighted by Crippen LogP contribution is 2.33. The van der Waals surface area contributed by atoms with Crippen molar-refractivity contribution in [3.63, 3.8) is 0 Å². The molecule has 1 aliphatic heterocycles. The van der Waals surface area contributed by atoms with Crippen molar-refractivity contribution in [1.82, 2.24) is 9.88 Å². The van der Waals surface area contributed by atoms with Crippen LogP contribution in [0.2, 0.25) is 0 Å². The molecule has 1 amide bonds. The molecule has 0 bridgehead atoms. The van der Waals surface area contributed by atoms with Crippen molar-refractivity contribution in [1.29, 1.82) is 0 Å². The van der Waals surface area contributed by atoms with E-state index in [0.717, 1.165) is 66.9 Å². The third-order valence-electron chi connectivity index (χ3n) is 5.76. The Balaban J connectivity index is 1.68. The summed E-state index contributed by atoms with van der Waals surface area (Å²) in [6.07, 6.45) is 1.88. The summed E-state index contributed by atoms with van der Waals surface area (Å²) in [5.41, 5.74) is 3.27. The summed E-state index contributed by atoms with van der Waals surface area (Å²) in [5, 5.41) is 0.592. The maximum atomic E-state index is 13.7. The molecule has 176 valence electrons. The largest absolute Gasteiger partial charge is 0.379 e. The Morgan fingerprint density at radius 1 is 1.18 bits per heavy atom. The van der Waals surface area contributed by atoms with Crippen molar-refractivity contribution >= 4 is 42.4 Å². The van der Waals surface area contributed by atoms with Crippen LogP contribution in [-0.2, 0) is 14.6 Å². The third-order valence-corrected chi connectivity index (χ3v) is 8.15. The first-order chi connectivity index (χ1) is 15.7. The molecule has 7 nitrogen and oxygen atoms in total. The minimum Gasteiger partial charge on any atom is -0.379 e. The van der Waals surface area contributed by atoms with E-state index in [4.69, 9.17) is 9.72 Å². The topological polar surface area (TPSA) is 79.8 Å². The predicted molar refractivity (Wildman–Crippen MR) is 132 cm³/mol. The Morgan fingerprint density at radius 2 is 1.91 bits per heavy atom. The number of anilines is 1. The quantitative estimate of drug-likeness (QED) is 0.506. The average Bonchev–Trinajstić information content (AvgIpc) is 3.20. The van der Waals surface area contributed by atoms with Gasteiger partial charge in [0.05, 0.1) is 33.9 Å². The lowest BCUT2D eigenvalue weighted by Crippen LogP contribution is -2.39. The molecule has 2 heterocycles. The Hall–Kier alpha value is -2.33. The fourth-order valence-electron chi connectivity index (χ4n) is 4.15. The van der Waals surface area contributed by atoms with Crippen molar-refractivity contribution in [2.75, 3.05) is 50.5 Å². The van der Waals surface area contributed by atoms with Crippen LogP contribution in [0.15, 0.2) is 41.3 Å². The van der Waals surface area contributed by atoms with Crippen LogP contribution in [0.1, 0.15) is 27.9 Å². The first-order valence-corrected chi connectivity index (χ1v) is 13.7. The van der Waals surface area contributed by atoms with E-state index in [2.05, 4.69) is 11.0 Å². The van der Waals surface area contributed by atoms with Crippen molar-refractivity contribution in [3.8, 4) is 0 Å². The second-order valence-corrected chi connectivity index (χ2v) is 11.4. The van der Waals surface area contributed by atoms with Gasteiger partial charge in [-0.05, 0) is 49.6 Å². The van der Waals surface area contributed by atoms with Crippen LogP contribution < -0.4 is 4.90 Å². The number of carbonyl (C=O) groups excluding carboxylic acids is 1. The van der Waals surface area contributed by atoms with Gasteiger partial charge in [-0.2, -0.15) is 0 Å². The molecule has 0 atom stereocenters. The van der Waals surface area contributed by atoms with Gasteiger partial charge >= 0.3 is 0 Å². The Morgan fingerprint density at radius 3 is 2.64 bits per heavy atom. The number of hydrogen-bond donors (Lipinski definition) is 0. The molecule has 0 aliphatic carbocycles. The second-order valence-electron chi connectivity index (χ2n) is 8.46. The molecule has 0 unspecified atom stereocenters. The van der Waals surface area contributed by atoms with E-state index >= 15 is 0 Å². The Kier molecular flexibility index (Phi) is 7.13. The first kappa shape index (κ1) is 23.8. The molecule has 1 saturated heterocycles. The molecular weight excluding hydrogens is 458 g/mol. The molecule has 0 saturated carbocycles. The van der Waals surface area contributed by atoms with Gasteiger partial charge in [-0.25, -0.2) is 13.4 Å². The van der Waals surface area contributed by atoms with Gasteiger partial charge in [0.25, 0.3) is 5.91 Å². The molecule has 0 spiro atoms. The highest BCUT2D eigenvalue weighted by atomic mass is 32.2. The van der Waals surface area contributed by atoms with E-state index in [9.17, 15) is 13.2 Å². The minimum atomic E-state index is -3.56. The zero-order chi connectivity index (χ0) is 23.6. The maximum Gasteiger partial charge on any atom is 0.261 e. The summed E-state index contributed by atoms with van der Waals surface area (Å²) in [4.78, 5) is 22.5. The smallest absolute Gasteiger partial charge is 0.261 e. The monoisotopic (exact) mass is 487 g/mol. The highest BCUT2D eigenvalue weighted by molar-refractivity contribution is 7.90. The van der Waals surface area contributed by atoms with E-state index in [1.54, 1.807) is 23.1 Å². The molecule has 0 radical (unpaired) electrons. The first-order valence-electron chi connectivity index (χ1n) is 11.0. The van der Waals surface area contributed by atoms with E-state index in [0.29, 0.717) is 11.7 Å². The summed E-state index contributed by atoms with van der Waals surface area (Å²) in [6, 6.07) is 10.5. The Labute approximate surface area is 198 Å². The number of hydrogen-bond acceptors (Lipinski definition) is 7. The SMILES string of the molecule is Cc1cc(C)c2sc(N(CCCN3CCOCC3)C(=O)c3ccccc3S(C)(=O)=O)nc2c1. The number of aromatic nitrogens is 1. The second kappa shape index (κ2) is 9.89. The number of morpholine rings is 1. The lowest BCUT2D eigenvalue weighted by Gasteiger charge is -2.28. The van der Waals surface area contributed by atoms with Crippen LogP contribution in [0.3, 0.4) is 0 Å². The van der Waals surface area contributed by atoms with Crippen molar-refractivity contribution in [3.05, 3.63) is 53.1 Å². The van der Waals surface area contributed by atoms with E-state index in [1.807, 2.05) is 19.9 Å². The number of amides is 1. The molecule has 9 heteroatoms. The fourth-order valence-corrected chi connectivity index (χ4v) is 6.07. The predicted octanol–water partition coefficient (Wildman–Crippen LogP) is 3.69. The summed E-state index contributed by atoms with van der Waals surface area (Å²) in [5.74, 6) is -0.341. The van der Waals surface area contributed by atoms with Gasteiger partial charge in [0.2, 0.25) is 0 Å². The van der Waals surface area contributed by atoms with Gasteiger partial charge in [0.1, 0.15) is 0 Å². The number of aryl methyl sites for hydroxylation is 2. The Bertz CT molecular complexity index is 1260. The number of carbonyl (C=O) groups is 1. The van der Waals surface area contributed by atoms with Crippen LogP contribution in [-0.4, -0.2) is 69.9 Å². The van der Waals surface area contributed by atoms with Crippen LogP contribution >= 0.6 is 11.3 Å². The van der Waals surface area contributed by atoms with Gasteiger partial charge in [-0.15, -0.1) is 0 Å². The molecule has 2 aromatic carbocycles. The zero-order valence-electron chi connectivity index (χ0n) is 19.2. The van der Waals surface area contributed by atoms with Crippen molar-refractivity contribution in [2.24, 2.45) is 0 Å². The highest BCUT2D eigenvalue weighted by Gasteiger charge is 2.26. The maximum absolute atomic E-state index is 13.7. The van der Waals surface area contributed by atoms with Crippen LogP contribution in [0.5, 0.6) is 0 Å². The molecule has 1 fully saturated rings.